The van der Waals surface area contributed by atoms with Crippen LogP contribution in [0.1, 0.15) is 19.3 Å². The Morgan fingerprint density at radius 2 is 2.24 bits per heavy atom. The number of nitrogens with one attached hydrogen (secondary N) is 1. The minimum absolute atomic E-state index is 0.121. The van der Waals surface area contributed by atoms with Gasteiger partial charge in [0.25, 0.3) is 0 Å². The third-order valence-electron chi connectivity index (χ3n) is 4.37. The van der Waals surface area contributed by atoms with E-state index in [1.807, 2.05) is 6.07 Å². The summed E-state index contributed by atoms with van der Waals surface area (Å²) in [5, 5.41) is 3.41. The van der Waals surface area contributed by atoms with Crippen LogP contribution < -0.4 is 10.2 Å². The van der Waals surface area contributed by atoms with Gasteiger partial charge in [-0.25, -0.2) is 4.98 Å². The van der Waals surface area contributed by atoms with Gasteiger partial charge in [0, 0.05) is 25.7 Å². The van der Waals surface area contributed by atoms with Gasteiger partial charge in [0.1, 0.15) is 5.52 Å². The molecule has 2 aliphatic rings. The molecule has 0 radical (unpaired) electrons. The molecular formula is C14H14N4O2S. The molecule has 2 saturated heterocycles. The minimum Gasteiger partial charge on any atom is -0.347 e. The molecule has 4 rings (SSSR count). The molecule has 7 heteroatoms. The first-order chi connectivity index (χ1) is 10.2. The van der Waals surface area contributed by atoms with E-state index in [0.29, 0.717) is 19.4 Å². The van der Waals surface area contributed by atoms with E-state index in [2.05, 4.69) is 20.2 Å². The second-order valence-corrected chi connectivity index (χ2v) is 6.68. The highest BCUT2D eigenvalue weighted by atomic mass is 32.1. The predicted molar refractivity (Wildman–Crippen MR) is 79.1 cm³/mol. The quantitative estimate of drug-likeness (QED) is 0.804. The molecular weight excluding hydrogens is 288 g/mol. The van der Waals surface area contributed by atoms with E-state index in [-0.39, 0.29) is 11.8 Å². The molecule has 4 heterocycles. The molecule has 1 unspecified atom stereocenters. The number of hydrogen-bond acceptors (Lipinski definition) is 6. The number of piperidine rings is 1. The Balaban J connectivity index is 1.61. The van der Waals surface area contributed by atoms with Crippen LogP contribution in [0.25, 0.3) is 10.2 Å². The highest BCUT2D eigenvalue weighted by Crippen LogP contribution is 2.41. The number of nitrogens with zero attached hydrogens (tertiary/aromatic N) is 3. The van der Waals surface area contributed by atoms with Gasteiger partial charge < -0.3 is 4.90 Å². The molecule has 6 nitrogen and oxygen atoms in total. The van der Waals surface area contributed by atoms with Gasteiger partial charge in [-0.3, -0.25) is 19.9 Å². The molecule has 0 aromatic carbocycles. The van der Waals surface area contributed by atoms with E-state index >= 15 is 0 Å². The summed E-state index contributed by atoms with van der Waals surface area (Å²) in [4.78, 5) is 34.3. The van der Waals surface area contributed by atoms with Gasteiger partial charge in [-0.1, -0.05) is 11.3 Å². The smallest absolute Gasteiger partial charge is 0.234 e. The third kappa shape index (κ3) is 1.99. The van der Waals surface area contributed by atoms with Gasteiger partial charge in [-0.2, -0.15) is 0 Å². The van der Waals surface area contributed by atoms with Crippen molar-refractivity contribution in [2.45, 2.75) is 19.3 Å². The Bertz CT molecular complexity index is 710. The van der Waals surface area contributed by atoms with Crippen LogP contribution in [0.5, 0.6) is 0 Å². The Labute approximate surface area is 125 Å². The first-order valence-corrected chi connectivity index (χ1v) is 7.78. The maximum Gasteiger partial charge on any atom is 0.234 e. The monoisotopic (exact) mass is 302 g/mol. The van der Waals surface area contributed by atoms with Crippen molar-refractivity contribution in [1.29, 1.82) is 0 Å². The second kappa shape index (κ2) is 4.49. The number of aromatic nitrogens is 2. The number of amides is 2. The van der Waals surface area contributed by atoms with Crippen LogP contribution in [0.15, 0.2) is 18.5 Å². The van der Waals surface area contributed by atoms with Crippen molar-refractivity contribution < 1.29 is 9.59 Å². The summed E-state index contributed by atoms with van der Waals surface area (Å²) in [6.45, 7) is 1.44. The van der Waals surface area contributed by atoms with Crippen molar-refractivity contribution in [3.05, 3.63) is 18.5 Å². The Morgan fingerprint density at radius 1 is 1.33 bits per heavy atom. The van der Waals surface area contributed by atoms with Crippen LogP contribution in [0.2, 0.25) is 0 Å². The molecule has 108 valence electrons. The van der Waals surface area contributed by atoms with Crippen molar-refractivity contribution in [3.63, 3.8) is 0 Å². The number of rotatable bonds is 1. The molecule has 0 aliphatic carbocycles. The van der Waals surface area contributed by atoms with Crippen molar-refractivity contribution in [1.82, 2.24) is 15.3 Å². The minimum atomic E-state index is -0.427. The molecule has 1 N–H and O–H groups in total. The number of carbonyl (C=O) groups excluding carboxylic acids is 2. The summed E-state index contributed by atoms with van der Waals surface area (Å²) in [7, 11) is 0. The molecule has 2 aromatic heterocycles. The van der Waals surface area contributed by atoms with E-state index in [1.165, 1.54) is 0 Å². The molecule has 0 bridgehead atoms. The van der Waals surface area contributed by atoms with E-state index in [1.54, 1.807) is 23.7 Å². The molecule has 21 heavy (non-hydrogen) atoms. The van der Waals surface area contributed by atoms with Crippen LogP contribution in [0, 0.1) is 5.41 Å². The van der Waals surface area contributed by atoms with Crippen LogP contribution in [0.3, 0.4) is 0 Å². The summed E-state index contributed by atoms with van der Waals surface area (Å²) >= 11 is 1.62. The van der Waals surface area contributed by atoms with Gasteiger partial charge in [0.2, 0.25) is 11.8 Å². The van der Waals surface area contributed by atoms with Crippen LogP contribution in [0.4, 0.5) is 5.13 Å². The maximum absolute atomic E-state index is 12.2. The largest absolute Gasteiger partial charge is 0.347 e. The lowest BCUT2D eigenvalue weighted by molar-refractivity contribution is -0.140. The number of pyridine rings is 1. The first-order valence-electron chi connectivity index (χ1n) is 6.96. The van der Waals surface area contributed by atoms with E-state index in [4.69, 9.17) is 0 Å². The third-order valence-corrected chi connectivity index (χ3v) is 5.47. The Hall–Kier alpha value is -2.02. The lowest BCUT2D eigenvalue weighted by Crippen LogP contribution is -2.50. The zero-order valence-electron chi connectivity index (χ0n) is 11.3. The number of hydrogen-bond donors (Lipinski definition) is 1. The highest BCUT2D eigenvalue weighted by molar-refractivity contribution is 7.22. The zero-order valence-corrected chi connectivity index (χ0v) is 12.2. The fourth-order valence-corrected chi connectivity index (χ4v) is 4.07. The average molecular weight is 302 g/mol. The van der Waals surface area contributed by atoms with Crippen molar-refractivity contribution in [2.75, 3.05) is 18.0 Å². The Morgan fingerprint density at radius 3 is 3.05 bits per heavy atom. The maximum atomic E-state index is 12.2. The number of imide groups is 1. The standard InChI is InChI=1S/C14H14N4O2S/c19-11-1-3-14(12(20)17-11)4-6-18(8-14)13-16-9-7-15-5-2-10(9)21-13/h2,5,7H,1,3-4,6,8H2,(H,17,19,20). The molecule has 1 atom stereocenters. The molecule has 2 aromatic rings. The fraction of sp³-hybridized carbons (Fsp3) is 0.429. The van der Waals surface area contributed by atoms with Gasteiger partial charge in [0.15, 0.2) is 5.13 Å². The van der Waals surface area contributed by atoms with Crippen molar-refractivity contribution in [2.24, 2.45) is 5.41 Å². The fourth-order valence-electron chi connectivity index (χ4n) is 3.12. The summed E-state index contributed by atoms with van der Waals surface area (Å²) < 4.78 is 1.10. The van der Waals surface area contributed by atoms with Crippen molar-refractivity contribution >= 4 is 38.5 Å². The van der Waals surface area contributed by atoms with Crippen molar-refractivity contribution in [3.8, 4) is 0 Å². The van der Waals surface area contributed by atoms with E-state index in [0.717, 1.165) is 28.3 Å². The van der Waals surface area contributed by atoms with Gasteiger partial charge >= 0.3 is 0 Å². The topological polar surface area (TPSA) is 75.2 Å². The van der Waals surface area contributed by atoms with Gasteiger partial charge in [-0.05, 0) is 18.9 Å². The van der Waals surface area contributed by atoms with E-state index < -0.39 is 5.41 Å². The molecule has 2 fully saturated rings. The molecule has 2 amide bonds. The van der Waals surface area contributed by atoms with Gasteiger partial charge in [0.05, 0.1) is 16.3 Å². The van der Waals surface area contributed by atoms with E-state index in [9.17, 15) is 9.59 Å². The molecule has 2 aliphatic heterocycles. The lowest BCUT2D eigenvalue weighted by Gasteiger charge is -2.31. The summed E-state index contributed by atoms with van der Waals surface area (Å²) in [5.41, 5.74) is 0.464. The lowest BCUT2D eigenvalue weighted by atomic mass is 9.79. The zero-order chi connectivity index (χ0) is 14.4. The molecule has 0 saturated carbocycles. The average Bonchev–Trinajstić information content (AvgIpc) is 3.08. The number of thiazole rings is 1. The van der Waals surface area contributed by atoms with Crippen LogP contribution in [-0.4, -0.2) is 34.9 Å². The van der Waals surface area contributed by atoms with Gasteiger partial charge in [-0.15, -0.1) is 0 Å². The SMILES string of the molecule is O=C1CCC2(CCN(c3nc4cnccc4s3)C2)C(=O)N1. The number of fused-ring (bicyclic) bond motifs is 1. The number of anilines is 1. The highest BCUT2D eigenvalue weighted by Gasteiger charge is 2.48. The Kier molecular flexibility index (Phi) is 2.72. The van der Waals surface area contributed by atoms with Crippen LogP contribution >= 0.6 is 11.3 Å². The van der Waals surface area contributed by atoms with Crippen LogP contribution in [-0.2, 0) is 9.59 Å². The number of carbonyl (C=O) groups is 2. The normalized spacial score (nSPS) is 25.8. The summed E-state index contributed by atoms with van der Waals surface area (Å²) in [5.74, 6) is -0.279. The summed E-state index contributed by atoms with van der Waals surface area (Å²) in [6.07, 6.45) is 5.37. The summed E-state index contributed by atoms with van der Waals surface area (Å²) in [6, 6.07) is 1.95. The predicted octanol–water partition coefficient (Wildman–Crippen LogP) is 1.32. The first kappa shape index (κ1) is 12.7. The second-order valence-electron chi connectivity index (χ2n) is 5.67. The molecule has 1 spiro atoms.